The van der Waals surface area contributed by atoms with Crippen LogP contribution in [0.3, 0.4) is 0 Å². The molecular weight excluding hydrogens is 232 g/mol. The van der Waals surface area contributed by atoms with Crippen LogP contribution in [0.25, 0.3) is 0 Å². The van der Waals surface area contributed by atoms with Crippen LogP contribution in [-0.4, -0.2) is 5.11 Å². The van der Waals surface area contributed by atoms with Crippen LogP contribution in [0.4, 0.5) is 5.69 Å². The Kier molecular flexibility index (Phi) is 3.56. The lowest BCUT2D eigenvalue weighted by Gasteiger charge is -2.04. The van der Waals surface area contributed by atoms with Gasteiger partial charge in [0.2, 0.25) is 0 Å². The van der Waals surface area contributed by atoms with Crippen LogP contribution in [0, 0.1) is 0 Å². The quantitative estimate of drug-likeness (QED) is 0.574. The molecule has 3 nitrogen and oxygen atoms in total. The van der Waals surface area contributed by atoms with E-state index in [-0.39, 0.29) is 5.75 Å². The van der Waals surface area contributed by atoms with Crippen molar-refractivity contribution in [1.82, 2.24) is 0 Å². The fourth-order valence-electron chi connectivity index (χ4n) is 1.54. The SMILES string of the molecule is Nc1ccccc1C[S+](N)c1ccc(O)cc1. The van der Waals surface area contributed by atoms with Gasteiger partial charge in [0.1, 0.15) is 16.8 Å². The number of rotatable bonds is 3. The minimum absolute atomic E-state index is 0.255. The molecule has 0 saturated heterocycles. The average Bonchev–Trinajstić information content (AvgIpc) is 2.33. The van der Waals surface area contributed by atoms with Gasteiger partial charge in [0.05, 0.1) is 0 Å². The smallest absolute Gasteiger partial charge is 0.176 e. The highest BCUT2D eigenvalue weighted by atomic mass is 32.2. The number of anilines is 1. The lowest BCUT2D eigenvalue weighted by molar-refractivity contribution is 0.475. The lowest BCUT2D eigenvalue weighted by atomic mass is 10.2. The zero-order chi connectivity index (χ0) is 12.3. The van der Waals surface area contributed by atoms with Gasteiger partial charge in [-0.3, -0.25) is 0 Å². The summed E-state index contributed by atoms with van der Waals surface area (Å²) in [6.07, 6.45) is 0. The molecule has 0 aliphatic carbocycles. The van der Waals surface area contributed by atoms with Gasteiger partial charge in [-0.05, 0) is 30.3 Å². The summed E-state index contributed by atoms with van der Waals surface area (Å²) in [6, 6.07) is 14.7. The van der Waals surface area contributed by atoms with Gasteiger partial charge in [0.25, 0.3) is 0 Å². The van der Waals surface area contributed by atoms with E-state index >= 15 is 0 Å². The van der Waals surface area contributed by atoms with E-state index in [1.807, 2.05) is 36.4 Å². The third kappa shape index (κ3) is 2.93. The first-order valence-electron chi connectivity index (χ1n) is 5.24. The Morgan fingerprint density at radius 2 is 1.65 bits per heavy atom. The van der Waals surface area contributed by atoms with Crippen molar-refractivity contribution < 1.29 is 5.11 Å². The average molecular weight is 247 g/mol. The molecule has 0 fully saturated rings. The summed E-state index contributed by atoms with van der Waals surface area (Å²) < 4.78 is 0. The Hall–Kier alpha value is -1.65. The number of para-hydroxylation sites is 1. The van der Waals surface area contributed by atoms with Gasteiger partial charge >= 0.3 is 0 Å². The van der Waals surface area contributed by atoms with Crippen LogP contribution in [0.5, 0.6) is 5.75 Å². The molecule has 2 aromatic rings. The van der Waals surface area contributed by atoms with Gasteiger partial charge in [0.15, 0.2) is 10.6 Å². The van der Waals surface area contributed by atoms with Crippen LogP contribution in [0.15, 0.2) is 53.4 Å². The van der Waals surface area contributed by atoms with Gasteiger partial charge < -0.3 is 10.8 Å². The minimum atomic E-state index is -0.394. The number of aromatic hydroxyl groups is 1. The van der Waals surface area contributed by atoms with E-state index in [0.717, 1.165) is 21.9 Å². The Balaban J connectivity index is 2.14. The molecule has 5 N–H and O–H groups in total. The summed E-state index contributed by atoms with van der Waals surface area (Å²) in [5.74, 6) is 0.974. The minimum Gasteiger partial charge on any atom is -0.508 e. The molecule has 2 rings (SSSR count). The number of hydrogen-bond donors (Lipinski definition) is 3. The molecule has 0 bridgehead atoms. The van der Waals surface area contributed by atoms with Gasteiger partial charge in [-0.15, -0.1) is 5.14 Å². The summed E-state index contributed by atoms with van der Waals surface area (Å²) in [4.78, 5) is 1.02. The van der Waals surface area contributed by atoms with Gasteiger partial charge in [0, 0.05) is 11.3 Å². The number of nitrogens with two attached hydrogens (primary N) is 2. The van der Waals surface area contributed by atoms with E-state index in [0.29, 0.717) is 0 Å². The normalized spacial score (nSPS) is 12.3. The first-order chi connectivity index (χ1) is 8.16. The standard InChI is InChI=1S/C13H14N2OS/c14-13-4-2-1-3-10(13)9-17(15)12-7-5-11(16)6-8-12/h1-8H,9,14-15H2/p+1. The van der Waals surface area contributed by atoms with Gasteiger partial charge in [-0.25, -0.2) is 0 Å². The zero-order valence-electron chi connectivity index (χ0n) is 9.34. The second kappa shape index (κ2) is 5.12. The summed E-state index contributed by atoms with van der Waals surface area (Å²) in [5, 5.41) is 15.4. The van der Waals surface area contributed by atoms with E-state index in [1.165, 1.54) is 0 Å². The predicted octanol–water partition coefficient (Wildman–Crippen LogP) is 2.03. The summed E-state index contributed by atoms with van der Waals surface area (Å²) >= 11 is -0.394. The van der Waals surface area contributed by atoms with Crippen molar-refractivity contribution in [3.63, 3.8) is 0 Å². The summed E-state index contributed by atoms with van der Waals surface area (Å²) in [5.41, 5.74) is 7.71. The van der Waals surface area contributed by atoms with Crippen LogP contribution in [-0.2, 0) is 16.8 Å². The molecular formula is C13H15N2OS+. The number of phenolic OH excluding ortho intramolecular Hbond substituents is 1. The molecule has 1 atom stereocenters. The largest absolute Gasteiger partial charge is 0.508 e. The maximum absolute atomic E-state index is 9.21. The Morgan fingerprint density at radius 1 is 1.00 bits per heavy atom. The summed E-state index contributed by atoms with van der Waals surface area (Å²) in [7, 11) is 0. The lowest BCUT2D eigenvalue weighted by Crippen LogP contribution is -2.17. The number of benzene rings is 2. The number of nitrogen functional groups attached to an aromatic ring is 1. The molecule has 0 radical (unpaired) electrons. The van der Waals surface area contributed by atoms with Gasteiger partial charge in [-0.2, -0.15) is 0 Å². The number of hydrogen-bond acceptors (Lipinski definition) is 3. The third-order valence-electron chi connectivity index (χ3n) is 2.51. The molecule has 2 aromatic carbocycles. The highest BCUT2D eigenvalue weighted by Gasteiger charge is 2.18. The molecule has 1 unspecified atom stereocenters. The second-order valence-corrected chi connectivity index (χ2v) is 5.38. The fraction of sp³-hybridized carbons (Fsp3) is 0.0769. The Bertz CT molecular complexity index is 499. The van der Waals surface area contributed by atoms with E-state index in [9.17, 15) is 5.11 Å². The topological polar surface area (TPSA) is 72.3 Å². The predicted molar refractivity (Wildman–Crippen MR) is 72.5 cm³/mol. The highest BCUT2D eigenvalue weighted by Crippen LogP contribution is 2.20. The van der Waals surface area contributed by atoms with Crippen LogP contribution in [0.1, 0.15) is 5.56 Å². The third-order valence-corrected chi connectivity index (χ3v) is 4.01. The molecule has 0 aromatic heterocycles. The van der Waals surface area contributed by atoms with Crippen molar-refractivity contribution in [2.45, 2.75) is 10.6 Å². The Labute approximate surface area is 104 Å². The molecule has 0 saturated carbocycles. The number of phenols is 1. The summed E-state index contributed by atoms with van der Waals surface area (Å²) in [6.45, 7) is 0. The molecule has 0 heterocycles. The fourth-order valence-corrected chi connectivity index (χ4v) is 2.79. The highest BCUT2D eigenvalue weighted by molar-refractivity contribution is 7.94. The zero-order valence-corrected chi connectivity index (χ0v) is 10.2. The maximum atomic E-state index is 9.21. The van der Waals surface area contributed by atoms with Crippen molar-refractivity contribution in [1.29, 1.82) is 0 Å². The van der Waals surface area contributed by atoms with E-state index in [4.69, 9.17) is 10.9 Å². The molecule has 0 spiro atoms. The van der Waals surface area contributed by atoms with Crippen LogP contribution in [0.2, 0.25) is 0 Å². The van der Waals surface area contributed by atoms with Crippen LogP contribution < -0.4 is 10.9 Å². The monoisotopic (exact) mass is 247 g/mol. The first-order valence-corrected chi connectivity index (χ1v) is 6.70. The molecule has 17 heavy (non-hydrogen) atoms. The van der Waals surface area contributed by atoms with Gasteiger partial charge in [-0.1, -0.05) is 18.2 Å². The first kappa shape index (κ1) is 11.8. The van der Waals surface area contributed by atoms with Crippen molar-refractivity contribution in [2.24, 2.45) is 5.14 Å². The Morgan fingerprint density at radius 3 is 2.29 bits per heavy atom. The van der Waals surface area contributed by atoms with Crippen LogP contribution >= 0.6 is 0 Å². The van der Waals surface area contributed by atoms with E-state index in [1.54, 1.807) is 12.1 Å². The maximum Gasteiger partial charge on any atom is 0.176 e. The molecule has 0 amide bonds. The molecule has 0 aliphatic rings. The molecule has 88 valence electrons. The molecule has 0 aliphatic heterocycles. The van der Waals surface area contributed by atoms with Crippen molar-refractivity contribution >= 4 is 16.8 Å². The molecule has 4 heteroatoms. The van der Waals surface area contributed by atoms with E-state index < -0.39 is 11.1 Å². The van der Waals surface area contributed by atoms with E-state index in [2.05, 4.69) is 0 Å². The van der Waals surface area contributed by atoms with Crippen molar-refractivity contribution in [3.05, 3.63) is 54.1 Å². The van der Waals surface area contributed by atoms with Crippen molar-refractivity contribution in [2.75, 3.05) is 5.73 Å². The van der Waals surface area contributed by atoms with Crippen molar-refractivity contribution in [3.8, 4) is 5.75 Å². The second-order valence-electron chi connectivity index (χ2n) is 3.77.